The van der Waals surface area contributed by atoms with Gasteiger partial charge in [-0.05, 0) is 30.5 Å². The highest BCUT2D eigenvalue weighted by Crippen LogP contribution is 2.16. The van der Waals surface area contributed by atoms with Crippen molar-refractivity contribution in [2.75, 3.05) is 11.9 Å². The standard InChI is InChI=1S/C13H18N2O2/c1-4-14-12(16)13(17)15-11-7-5-10(6-8-11)9(2)3/h5-9H,4H2,1-3H3,(H,14,16)(H,15,17). The van der Waals surface area contributed by atoms with Crippen molar-refractivity contribution in [1.29, 1.82) is 0 Å². The first-order chi connectivity index (χ1) is 8.04. The van der Waals surface area contributed by atoms with Crippen molar-refractivity contribution in [2.45, 2.75) is 26.7 Å². The van der Waals surface area contributed by atoms with E-state index in [0.717, 1.165) is 0 Å². The Kier molecular flexibility index (Phi) is 4.69. The van der Waals surface area contributed by atoms with Gasteiger partial charge in [-0.2, -0.15) is 0 Å². The van der Waals surface area contributed by atoms with Gasteiger partial charge in [-0.15, -0.1) is 0 Å². The lowest BCUT2D eigenvalue weighted by Crippen LogP contribution is -2.35. The normalized spacial score (nSPS) is 10.1. The van der Waals surface area contributed by atoms with E-state index in [9.17, 15) is 9.59 Å². The van der Waals surface area contributed by atoms with Crippen LogP contribution in [0, 0.1) is 0 Å². The fraction of sp³-hybridized carbons (Fsp3) is 0.385. The molecule has 0 aliphatic heterocycles. The number of carbonyl (C=O) groups excluding carboxylic acids is 2. The van der Waals surface area contributed by atoms with Crippen molar-refractivity contribution >= 4 is 17.5 Å². The van der Waals surface area contributed by atoms with Crippen LogP contribution >= 0.6 is 0 Å². The van der Waals surface area contributed by atoms with Crippen molar-refractivity contribution in [2.24, 2.45) is 0 Å². The topological polar surface area (TPSA) is 58.2 Å². The average molecular weight is 234 g/mol. The zero-order chi connectivity index (χ0) is 12.8. The van der Waals surface area contributed by atoms with Crippen LogP contribution in [0.3, 0.4) is 0 Å². The van der Waals surface area contributed by atoms with Crippen LogP contribution in [0.4, 0.5) is 5.69 Å². The van der Waals surface area contributed by atoms with Crippen LogP contribution in [0.15, 0.2) is 24.3 Å². The molecule has 17 heavy (non-hydrogen) atoms. The Morgan fingerprint density at radius 3 is 2.18 bits per heavy atom. The number of amides is 2. The van der Waals surface area contributed by atoms with Gasteiger partial charge >= 0.3 is 11.8 Å². The van der Waals surface area contributed by atoms with Crippen LogP contribution < -0.4 is 10.6 Å². The molecule has 0 aromatic heterocycles. The molecular formula is C13H18N2O2. The maximum absolute atomic E-state index is 11.4. The SMILES string of the molecule is CCNC(=O)C(=O)Nc1ccc(C(C)C)cc1. The molecule has 1 rings (SSSR count). The molecule has 2 amide bonds. The van der Waals surface area contributed by atoms with Crippen LogP contribution in [0.5, 0.6) is 0 Å². The molecule has 0 unspecified atom stereocenters. The van der Waals surface area contributed by atoms with Gasteiger partial charge in [-0.1, -0.05) is 26.0 Å². The molecule has 4 nitrogen and oxygen atoms in total. The molecule has 0 aliphatic carbocycles. The largest absolute Gasteiger partial charge is 0.348 e. The molecule has 0 radical (unpaired) electrons. The lowest BCUT2D eigenvalue weighted by Gasteiger charge is -2.08. The molecular weight excluding hydrogens is 216 g/mol. The quantitative estimate of drug-likeness (QED) is 0.784. The summed E-state index contributed by atoms with van der Waals surface area (Å²) in [5, 5.41) is 4.99. The molecule has 4 heteroatoms. The van der Waals surface area contributed by atoms with Gasteiger partial charge in [0.15, 0.2) is 0 Å². The highest BCUT2D eigenvalue weighted by molar-refractivity contribution is 6.39. The zero-order valence-electron chi connectivity index (χ0n) is 10.4. The van der Waals surface area contributed by atoms with E-state index in [4.69, 9.17) is 0 Å². The molecule has 0 bridgehead atoms. The fourth-order valence-electron chi connectivity index (χ4n) is 1.38. The average Bonchev–Trinajstić information content (AvgIpc) is 2.30. The minimum absolute atomic E-state index is 0.443. The number of anilines is 1. The smallest absolute Gasteiger partial charge is 0.313 e. The summed E-state index contributed by atoms with van der Waals surface area (Å²) < 4.78 is 0. The monoisotopic (exact) mass is 234 g/mol. The summed E-state index contributed by atoms with van der Waals surface area (Å²) in [5.74, 6) is -0.798. The number of carbonyl (C=O) groups is 2. The summed E-state index contributed by atoms with van der Waals surface area (Å²) in [5.41, 5.74) is 1.83. The lowest BCUT2D eigenvalue weighted by atomic mass is 10.0. The van der Waals surface area contributed by atoms with E-state index in [0.29, 0.717) is 18.2 Å². The Hall–Kier alpha value is -1.84. The summed E-state index contributed by atoms with van der Waals surface area (Å²) in [7, 11) is 0. The van der Waals surface area contributed by atoms with E-state index in [1.165, 1.54) is 5.56 Å². The van der Waals surface area contributed by atoms with Crippen molar-refractivity contribution in [3.8, 4) is 0 Å². The fourth-order valence-corrected chi connectivity index (χ4v) is 1.38. The van der Waals surface area contributed by atoms with Gasteiger partial charge in [0.1, 0.15) is 0 Å². The third-order valence-electron chi connectivity index (χ3n) is 2.38. The maximum atomic E-state index is 11.4. The van der Waals surface area contributed by atoms with Crippen molar-refractivity contribution in [1.82, 2.24) is 5.32 Å². The van der Waals surface area contributed by atoms with E-state index in [2.05, 4.69) is 24.5 Å². The van der Waals surface area contributed by atoms with Crippen LogP contribution in [0.25, 0.3) is 0 Å². The molecule has 0 atom stereocenters. The van der Waals surface area contributed by atoms with E-state index in [1.807, 2.05) is 12.1 Å². The second-order valence-electron chi connectivity index (χ2n) is 4.09. The van der Waals surface area contributed by atoms with Gasteiger partial charge in [0, 0.05) is 12.2 Å². The summed E-state index contributed by atoms with van der Waals surface area (Å²) in [6, 6.07) is 7.48. The molecule has 0 saturated carbocycles. The summed E-state index contributed by atoms with van der Waals surface area (Å²) in [6.07, 6.45) is 0. The second kappa shape index (κ2) is 6.03. The van der Waals surface area contributed by atoms with E-state index in [1.54, 1.807) is 19.1 Å². The van der Waals surface area contributed by atoms with Crippen molar-refractivity contribution in [3.63, 3.8) is 0 Å². The highest BCUT2D eigenvalue weighted by Gasteiger charge is 2.11. The third kappa shape index (κ3) is 3.90. The lowest BCUT2D eigenvalue weighted by molar-refractivity contribution is -0.136. The van der Waals surface area contributed by atoms with E-state index in [-0.39, 0.29) is 0 Å². The van der Waals surface area contributed by atoms with Gasteiger partial charge in [0.25, 0.3) is 0 Å². The third-order valence-corrected chi connectivity index (χ3v) is 2.38. The highest BCUT2D eigenvalue weighted by atomic mass is 16.2. The van der Waals surface area contributed by atoms with Crippen molar-refractivity contribution < 1.29 is 9.59 Å². The van der Waals surface area contributed by atoms with Gasteiger partial charge in [0.2, 0.25) is 0 Å². The molecule has 0 fully saturated rings. The minimum Gasteiger partial charge on any atom is -0.348 e. The molecule has 92 valence electrons. The molecule has 1 aromatic rings. The van der Waals surface area contributed by atoms with Crippen LogP contribution in [-0.2, 0) is 9.59 Å². The molecule has 0 saturated heterocycles. The number of likely N-dealkylation sites (N-methyl/N-ethyl adjacent to an activating group) is 1. The molecule has 1 aromatic carbocycles. The molecule has 0 aliphatic rings. The first-order valence-corrected chi connectivity index (χ1v) is 5.73. The molecule has 0 spiro atoms. The van der Waals surface area contributed by atoms with Crippen LogP contribution in [-0.4, -0.2) is 18.4 Å². The maximum Gasteiger partial charge on any atom is 0.313 e. The minimum atomic E-state index is -0.635. The van der Waals surface area contributed by atoms with Crippen LogP contribution in [0.2, 0.25) is 0 Å². The summed E-state index contributed by atoms with van der Waals surface area (Å²) >= 11 is 0. The Labute approximate surface area is 101 Å². The predicted octanol–water partition coefficient (Wildman–Crippen LogP) is 1.88. The van der Waals surface area contributed by atoms with Gasteiger partial charge in [0.05, 0.1) is 0 Å². The summed E-state index contributed by atoms with van der Waals surface area (Å²) in [4.78, 5) is 22.6. The Morgan fingerprint density at radius 1 is 1.12 bits per heavy atom. The van der Waals surface area contributed by atoms with Gasteiger partial charge in [-0.25, -0.2) is 0 Å². The Morgan fingerprint density at radius 2 is 1.71 bits per heavy atom. The second-order valence-corrected chi connectivity index (χ2v) is 4.09. The first kappa shape index (κ1) is 13.2. The zero-order valence-corrected chi connectivity index (χ0v) is 10.4. The van der Waals surface area contributed by atoms with Gasteiger partial charge in [-0.3, -0.25) is 9.59 Å². The number of hydrogen-bond donors (Lipinski definition) is 2. The number of hydrogen-bond acceptors (Lipinski definition) is 2. The van der Waals surface area contributed by atoms with Crippen molar-refractivity contribution in [3.05, 3.63) is 29.8 Å². The Bertz CT molecular complexity index is 396. The van der Waals surface area contributed by atoms with Crippen LogP contribution in [0.1, 0.15) is 32.3 Å². The number of benzene rings is 1. The molecule has 0 heterocycles. The van der Waals surface area contributed by atoms with Gasteiger partial charge < -0.3 is 10.6 Å². The van der Waals surface area contributed by atoms with E-state index < -0.39 is 11.8 Å². The van der Waals surface area contributed by atoms with E-state index >= 15 is 0 Å². The predicted molar refractivity (Wildman–Crippen MR) is 67.8 cm³/mol. The number of nitrogens with one attached hydrogen (secondary N) is 2. The summed E-state index contributed by atoms with van der Waals surface area (Å²) in [6.45, 7) is 6.41. The number of rotatable bonds is 3. The first-order valence-electron chi connectivity index (χ1n) is 5.73. The molecule has 2 N–H and O–H groups in total. The Balaban J connectivity index is 2.63.